The number of imide groups is 1. The second kappa shape index (κ2) is 10.2. The molecule has 3 aromatic carbocycles. The summed E-state index contributed by atoms with van der Waals surface area (Å²) in [5.41, 5.74) is 2.41. The lowest BCUT2D eigenvalue weighted by molar-refractivity contribution is -0.136. The Bertz CT molecular complexity index is 1220. The van der Waals surface area contributed by atoms with Crippen molar-refractivity contribution in [3.63, 3.8) is 0 Å². The van der Waals surface area contributed by atoms with Gasteiger partial charge in [-0.3, -0.25) is 14.5 Å². The first-order valence-corrected chi connectivity index (χ1v) is 11.0. The zero-order valence-corrected chi connectivity index (χ0v) is 19.0. The minimum Gasteiger partial charge on any atom is -0.497 e. The Morgan fingerprint density at radius 2 is 1.65 bits per heavy atom. The highest BCUT2D eigenvalue weighted by atomic mass is 19.1. The molecule has 3 aromatic rings. The number of carbonyl (C=O) groups is 2. The van der Waals surface area contributed by atoms with Crippen LogP contribution in [0.4, 0.5) is 10.1 Å². The number of nitrogens with zero attached hydrogens (tertiary/aromatic N) is 1. The van der Waals surface area contributed by atoms with Gasteiger partial charge in [-0.25, -0.2) is 4.39 Å². The van der Waals surface area contributed by atoms with Gasteiger partial charge in [0.15, 0.2) is 0 Å². The monoisotopic (exact) mass is 460 g/mol. The largest absolute Gasteiger partial charge is 0.497 e. The van der Waals surface area contributed by atoms with Gasteiger partial charge in [-0.05, 0) is 60.9 Å². The highest BCUT2D eigenvalue weighted by Crippen LogP contribution is 2.31. The molecular formula is C27H25FN2O4. The van der Waals surface area contributed by atoms with Crippen molar-refractivity contribution in [3.8, 4) is 11.5 Å². The molecule has 0 saturated carbocycles. The smallest absolute Gasteiger partial charge is 0.278 e. The Hall–Kier alpha value is -4.13. The first-order valence-electron chi connectivity index (χ1n) is 11.0. The zero-order chi connectivity index (χ0) is 24.1. The number of methoxy groups -OCH3 is 1. The molecule has 1 N–H and O–H groups in total. The van der Waals surface area contributed by atoms with E-state index in [1.54, 1.807) is 25.3 Å². The van der Waals surface area contributed by atoms with Crippen LogP contribution in [0, 0.1) is 5.82 Å². The van der Waals surface area contributed by atoms with Crippen molar-refractivity contribution < 1.29 is 23.5 Å². The second-order valence-corrected chi connectivity index (χ2v) is 7.70. The predicted molar refractivity (Wildman–Crippen MR) is 128 cm³/mol. The van der Waals surface area contributed by atoms with Gasteiger partial charge in [0.25, 0.3) is 11.8 Å². The van der Waals surface area contributed by atoms with Crippen LogP contribution in [0.15, 0.2) is 78.5 Å². The maximum absolute atomic E-state index is 13.5. The lowest BCUT2D eigenvalue weighted by atomic mass is 10.0. The van der Waals surface area contributed by atoms with Gasteiger partial charge >= 0.3 is 0 Å². The van der Waals surface area contributed by atoms with E-state index in [1.807, 2.05) is 37.3 Å². The summed E-state index contributed by atoms with van der Waals surface area (Å²) in [6.45, 7) is 2.59. The summed E-state index contributed by atoms with van der Waals surface area (Å²) in [5.74, 6) is 0.104. The van der Waals surface area contributed by atoms with E-state index < -0.39 is 17.6 Å². The number of hydrogen-bond donors (Lipinski definition) is 1. The Morgan fingerprint density at radius 3 is 2.32 bits per heavy atom. The molecule has 4 rings (SSSR count). The number of carbonyl (C=O) groups excluding carboxylic acids is 2. The van der Waals surface area contributed by atoms with Gasteiger partial charge in [0.05, 0.1) is 19.3 Å². The van der Waals surface area contributed by atoms with Crippen LogP contribution in [0.25, 0.3) is 5.57 Å². The quantitative estimate of drug-likeness (QED) is 0.470. The summed E-state index contributed by atoms with van der Waals surface area (Å²) in [6, 6.07) is 20.2. The van der Waals surface area contributed by atoms with Crippen molar-refractivity contribution in [2.24, 2.45) is 0 Å². The number of anilines is 1. The summed E-state index contributed by atoms with van der Waals surface area (Å²) in [4.78, 5) is 27.9. The Kier molecular flexibility index (Phi) is 6.92. The number of nitrogens with one attached hydrogen (secondary N) is 1. The summed E-state index contributed by atoms with van der Waals surface area (Å²) in [6.07, 6.45) is 0.491. The van der Waals surface area contributed by atoms with E-state index >= 15 is 0 Å². The Balaban J connectivity index is 1.62. The molecule has 34 heavy (non-hydrogen) atoms. The van der Waals surface area contributed by atoms with Crippen LogP contribution in [0.5, 0.6) is 11.5 Å². The standard InChI is InChI=1S/C27H25FN2O4/c1-3-34-23-6-4-5-21(17-23)29-25-24(19-9-11-20(28)12-10-19)26(31)30(27(25)32)16-15-18-7-13-22(33-2)14-8-18/h4-14,17,29H,3,15-16H2,1-2H3. The summed E-state index contributed by atoms with van der Waals surface area (Å²) in [7, 11) is 1.60. The molecular weight excluding hydrogens is 435 g/mol. The van der Waals surface area contributed by atoms with Crippen LogP contribution in [0.1, 0.15) is 18.1 Å². The molecule has 1 aliphatic heterocycles. The number of halogens is 1. The van der Waals surface area contributed by atoms with E-state index in [1.165, 1.54) is 29.2 Å². The van der Waals surface area contributed by atoms with Gasteiger partial charge in [0.2, 0.25) is 0 Å². The molecule has 0 unspecified atom stereocenters. The second-order valence-electron chi connectivity index (χ2n) is 7.70. The maximum Gasteiger partial charge on any atom is 0.278 e. The fraction of sp³-hybridized carbons (Fsp3) is 0.185. The third-order valence-corrected chi connectivity index (χ3v) is 5.50. The van der Waals surface area contributed by atoms with Crippen molar-refractivity contribution >= 4 is 23.1 Å². The highest BCUT2D eigenvalue weighted by molar-refractivity contribution is 6.36. The molecule has 7 heteroatoms. The lowest BCUT2D eigenvalue weighted by Gasteiger charge is -2.15. The van der Waals surface area contributed by atoms with Crippen molar-refractivity contribution in [3.05, 3.63) is 95.4 Å². The number of hydrogen-bond acceptors (Lipinski definition) is 5. The molecule has 1 heterocycles. The normalized spacial score (nSPS) is 13.4. The topological polar surface area (TPSA) is 67.9 Å². The van der Waals surface area contributed by atoms with E-state index in [0.717, 1.165) is 11.3 Å². The van der Waals surface area contributed by atoms with Crippen molar-refractivity contribution in [2.75, 3.05) is 25.6 Å². The molecule has 0 fully saturated rings. The third-order valence-electron chi connectivity index (χ3n) is 5.50. The van der Waals surface area contributed by atoms with Gasteiger partial charge < -0.3 is 14.8 Å². The zero-order valence-electron chi connectivity index (χ0n) is 19.0. The molecule has 0 saturated heterocycles. The molecule has 0 aliphatic carbocycles. The SMILES string of the molecule is CCOc1cccc(NC2=C(c3ccc(F)cc3)C(=O)N(CCc3ccc(OC)cc3)C2=O)c1. The molecule has 0 spiro atoms. The van der Waals surface area contributed by atoms with E-state index in [4.69, 9.17) is 9.47 Å². The number of amides is 2. The number of benzene rings is 3. The van der Waals surface area contributed by atoms with Crippen LogP contribution in [0.3, 0.4) is 0 Å². The number of rotatable bonds is 9. The predicted octanol–water partition coefficient (Wildman–Crippen LogP) is 4.67. The summed E-state index contributed by atoms with van der Waals surface area (Å²) >= 11 is 0. The highest BCUT2D eigenvalue weighted by Gasteiger charge is 2.39. The summed E-state index contributed by atoms with van der Waals surface area (Å²) in [5, 5.41) is 3.10. The third kappa shape index (κ3) is 4.93. The van der Waals surface area contributed by atoms with Gasteiger partial charge in [0.1, 0.15) is 23.0 Å². The maximum atomic E-state index is 13.5. The molecule has 0 radical (unpaired) electrons. The first kappa shape index (κ1) is 23.0. The van der Waals surface area contributed by atoms with Crippen LogP contribution in [0.2, 0.25) is 0 Å². The van der Waals surface area contributed by atoms with Gasteiger partial charge in [-0.15, -0.1) is 0 Å². The van der Waals surface area contributed by atoms with Gasteiger partial charge in [-0.1, -0.05) is 30.3 Å². The molecule has 6 nitrogen and oxygen atoms in total. The molecule has 1 aliphatic rings. The van der Waals surface area contributed by atoms with E-state index in [-0.39, 0.29) is 17.8 Å². The van der Waals surface area contributed by atoms with E-state index in [2.05, 4.69) is 5.32 Å². The molecule has 0 bridgehead atoms. The first-order chi connectivity index (χ1) is 16.5. The minimum atomic E-state index is -0.431. The van der Waals surface area contributed by atoms with E-state index in [0.29, 0.717) is 30.0 Å². The Morgan fingerprint density at radius 1 is 0.912 bits per heavy atom. The van der Waals surface area contributed by atoms with Crippen LogP contribution in [-0.2, 0) is 16.0 Å². The molecule has 2 amide bonds. The number of ether oxygens (including phenoxy) is 2. The van der Waals surface area contributed by atoms with Crippen LogP contribution < -0.4 is 14.8 Å². The van der Waals surface area contributed by atoms with Crippen molar-refractivity contribution in [1.82, 2.24) is 4.90 Å². The Labute approximate surface area is 197 Å². The fourth-order valence-electron chi connectivity index (χ4n) is 3.79. The lowest BCUT2D eigenvalue weighted by Crippen LogP contribution is -2.34. The fourth-order valence-corrected chi connectivity index (χ4v) is 3.79. The van der Waals surface area contributed by atoms with Crippen LogP contribution >= 0.6 is 0 Å². The van der Waals surface area contributed by atoms with E-state index in [9.17, 15) is 14.0 Å². The molecule has 174 valence electrons. The van der Waals surface area contributed by atoms with Gasteiger partial charge in [-0.2, -0.15) is 0 Å². The molecule has 0 atom stereocenters. The van der Waals surface area contributed by atoms with Gasteiger partial charge in [0, 0.05) is 18.3 Å². The minimum absolute atomic E-state index is 0.153. The molecule has 0 aromatic heterocycles. The van der Waals surface area contributed by atoms with Crippen LogP contribution in [-0.4, -0.2) is 37.0 Å². The van der Waals surface area contributed by atoms with Crippen molar-refractivity contribution in [1.29, 1.82) is 0 Å². The summed E-state index contributed by atoms with van der Waals surface area (Å²) < 4.78 is 24.2. The van der Waals surface area contributed by atoms with Crippen molar-refractivity contribution in [2.45, 2.75) is 13.3 Å². The average molecular weight is 461 g/mol. The average Bonchev–Trinajstić information content (AvgIpc) is 3.08.